The van der Waals surface area contributed by atoms with Crippen molar-refractivity contribution in [1.29, 1.82) is 0 Å². The molecule has 7 nitrogen and oxygen atoms in total. The molecule has 3 aromatic rings. The number of aromatic nitrogens is 3. The van der Waals surface area contributed by atoms with Crippen molar-refractivity contribution < 1.29 is 13.7 Å². The van der Waals surface area contributed by atoms with E-state index in [1.54, 1.807) is 6.07 Å². The molecule has 2 fully saturated rings. The van der Waals surface area contributed by atoms with Gasteiger partial charge in [0, 0.05) is 55.4 Å². The van der Waals surface area contributed by atoms with Crippen LogP contribution in [0.3, 0.4) is 0 Å². The fourth-order valence-electron chi connectivity index (χ4n) is 5.81. The Bertz CT molecular complexity index is 1220. The summed E-state index contributed by atoms with van der Waals surface area (Å²) in [4.78, 5) is 16.3. The van der Waals surface area contributed by atoms with Gasteiger partial charge in [0.05, 0.1) is 0 Å². The lowest BCUT2D eigenvalue weighted by Gasteiger charge is -2.33. The number of benzene rings is 1. The molecule has 0 bridgehead atoms. The summed E-state index contributed by atoms with van der Waals surface area (Å²) < 4.78 is 32.3. The van der Waals surface area contributed by atoms with Gasteiger partial charge in [0.15, 0.2) is 5.82 Å². The Morgan fingerprint density at radius 3 is 2.77 bits per heavy atom. The van der Waals surface area contributed by atoms with E-state index in [0.29, 0.717) is 11.7 Å². The molecule has 2 N–H and O–H groups in total. The number of hydrogen-bond donors (Lipinski definition) is 2. The van der Waals surface area contributed by atoms with E-state index < -0.39 is 11.2 Å². The van der Waals surface area contributed by atoms with Gasteiger partial charge in [-0.25, -0.2) is 9.37 Å². The van der Waals surface area contributed by atoms with E-state index in [0.717, 1.165) is 98.1 Å². The second-order valence-corrected chi connectivity index (χ2v) is 11.3. The highest BCUT2D eigenvalue weighted by Gasteiger charge is 2.34. The number of nitrogens with one attached hydrogen (secondary N) is 2. The van der Waals surface area contributed by atoms with Crippen LogP contribution in [0.2, 0.25) is 0 Å². The maximum Gasteiger partial charge on any atom is 0.227 e. The first-order valence-corrected chi connectivity index (χ1v) is 14.1. The fraction of sp³-hybridized carbons (Fsp3) is 0.538. The molecule has 3 aliphatic rings. The van der Waals surface area contributed by atoms with Crippen LogP contribution >= 0.6 is 0 Å². The first kappa shape index (κ1) is 23.1. The Kier molecular flexibility index (Phi) is 6.32. The van der Waals surface area contributed by atoms with Gasteiger partial charge in [-0.15, -0.1) is 0 Å². The maximum atomic E-state index is 14.0. The molecule has 2 aromatic heterocycles. The summed E-state index contributed by atoms with van der Waals surface area (Å²) in [6.07, 6.45) is 5.42. The van der Waals surface area contributed by atoms with Gasteiger partial charge in [-0.05, 0) is 73.0 Å². The standard InChI is InChI=1S/C26H32FN5O2S/c1-2-20-23(19-15-17(27)3-4-21(19)29-20)16-5-10-32(11-6-16)26-30-22-9-14-35(33)24(22)25(31-26)28-18-7-12-34-13-8-18/h3-4,15-16,18,29H,2,5-14H2,1H3,(H,28,30,31). The Hall–Kier alpha value is -2.36. The molecule has 186 valence electrons. The quantitative estimate of drug-likeness (QED) is 0.511. The molecule has 1 atom stereocenters. The van der Waals surface area contributed by atoms with Crippen LogP contribution in [-0.4, -0.2) is 57.6 Å². The summed E-state index contributed by atoms with van der Waals surface area (Å²) in [5, 5.41) is 4.59. The summed E-state index contributed by atoms with van der Waals surface area (Å²) in [5.41, 5.74) is 4.42. The normalized spacial score (nSPS) is 21.6. The molecule has 9 heteroatoms. The predicted molar refractivity (Wildman–Crippen MR) is 136 cm³/mol. The smallest absolute Gasteiger partial charge is 0.227 e. The van der Waals surface area contributed by atoms with Gasteiger partial charge in [0.1, 0.15) is 17.3 Å². The summed E-state index contributed by atoms with van der Waals surface area (Å²) in [5.74, 6) is 2.28. The van der Waals surface area contributed by atoms with E-state index in [1.165, 1.54) is 17.3 Å². The minimum Gasteiger partial charge on any atom is -0.611 e. The van der Waals surface area contributed by atoms with Crippen molar-refractivity contribution in [2.75, 3.05) is 42.3 Å². The number of aromatic amines is 1. The molecule has 35 heavy (non-hydrogen) atoms. The molecule has 0 aliphatic carbocycles. The molecule has 3 aliphatic heterocycles. The molecule has 2 saturated heterocycles. The van der Waals surface area contributed by atoms with E-state index in [4.69, 9.17) is 14.7 Å². The SMILES string of the molecule is CCc1[nH]c2ccc(F)cc2c1C1CCN(c2nc3c(c(NC4CCOCC4)n2)[S+]([O-])CC3)CC1. The number of anilines is 2. The van der Waals surface area contributed by atoms with Crippen LogP contribution in [0.5, 0.6) is 0 Å². The molecule has 1 aromatic carbocycles. The topological polar surface area (TPSA) is 89.1 Å². The van der Waals surface area contributed by atoms with Crippen LogP contribution in [0.15, 0.2) is 23.1 Å². The van der Waals surface area contributed by atoms with Gasteiger partial charge in [0.25, 0.3) is 0 Å². The lowest BCUT2D eigenvalue weighted by molar-refractivity contribution is 0.0903. The second-order valence-electron chi connectivity index (χ2n) is 9.80. The largest absolute Gasteiger partial charge is 0.611 e. The first-order chi connectivity index (χ1) is 17.1. The first-order valence-electron chi connectivity index (χ1n) is 12.8. The molecule has 0 radical (unpaired) electrons. The van der Waals surface area contributed by atoms with Crippen LogP contribution < -0.4 is 10.2 Å². The molecule has 0 amide bonds. The van der Waals surface area contributed by atoms with Crippen LogP contribution in [0, 0.1) is 5.82 Å². The zero-order valence-electron chi connectivity index (χ0n) is 20.1. The number of aryl methyl sites for hydroxylation is 2. The molecular formula is C26H32FN5O2S. The summed E-state index contributed by atoms with van der Waals surface area (Å²) in [7, 11) is 0. The van der Waals surface area contributed by atoms with Crippen molar-refractivity contribution in [2.24, 2.45) is 0 Å². The van der Waals surface area contributed by atoms with Gasteiger partial charge in [-0.1, -0.05) is 6.92 Å². The van der Waals surface area contributed by atoms with Gasteiger partial charge < -0.3 is 24.5 Å². The molecular weight excluding hydrogens is 465 g/mol. The molecule has 6 rings (SSSR count). The monoisotopic (exact) mass is 497 g/mol. The van der Waals surface area contributed by atoms with E-state index >= 15 is 0 Å². The van der Waals surface area contributed by atoms with E-state index in [1.807, 2.05) is 6.07 Å². The van der Waals surface area contributed by atoms with Crippen LogP contribution in [0.25, 0.3) is 10.9 Å². The number of piperidine rings is 1. The van der Waals surface area contributed by atoms with Crippen molar-refractivity contribution in [2.45, 2.75) is 62.3 Å². The Labute approximate surface area is 208 Å². The highest BCUT2D eigenvalue weighted by atomic mass is 32.2. The fourth-order valence-corrected chi connectivity index (χ4v) is 7.13. The average Bonchev–Trinajstić information content (AvgIpc) is 3.44. The van der Waals surface area contributed by atoms with Crippen molar-refractivity contribution >= 4 is 33.8 Å². The molecule has 0 saturated carbocycles. The summed E-state index contributed by atoms with van der Waals surface area (Å²) in [6, 6.07) is 5.32. The highest BCUT2D eigenvalue weighted by Crippen LogP contribution is 2.38. The lowest BCUT2D eigenvalue weighted by Crippen LogP contribution is -2.35. The number of H-pyrrole nitrogens is 1. The Morgan fingerprint density at radius 2 is 2.00 bits per heavy atom. The minimum atomic E-state index is -1.04. The zero-order chi connectivity index (χ0) is 23.9. The average molecular weight is 498 g/mol. The number of ether oxygens (including phenoxy) is 1. The predicted octanol–water partition coefficient (Wildman–Crippen LogP) is 4.30. The third-order valence-corrected chi connectivity index (χ3v) is 9.12. The van der Waals surface area contributed by atoms with E-state index in [9.17, 15) is 8.94 Å². The Morgan fingerprint density at radius 1 is 1.20 bits per heavy atom. The van der Waals surface area contributed by atoms with Gasteiger partial charge in [-0.3, -0.25) is 0 Å². The Balaban J connectivity index is 1.24. The minimum absolute atomic E-state index is 0.189. The lowest BCUT2D eigenvalue weighted by atomic mass is 9.87. The van der Waals surface area contributed by atoms with Crippen molar-refractivity contribution in [3.8, 4) is 0 Å². The second kappa shape index (κ2) is 9.59. The van der Waals surface area contributed by atoms with E-state index in [2.05, 4.69) is 22.1 Å². The van der Waals surface area contributed by atoms with Crippen LogP contribution in [0.1, 0.15) is 55.5 Å². The van der Waals surface area contributed by atoms with E-state index in [-0.39, 0.29) is 11.9 Å². The van der Waals surface area contributed by atoms with Crippen LogP contribution in [0.4, 0.5) is 16.2 Å². The number of fused-ring (bicyclic) bond motifs is 2. The third-order valence-electron chi connectivity index (χ3n) is 7.66. The maximum absolute atomic E-state index is 14.0. The van der Waals surface area contributed by atoms with Gasteiger partial charge >= 0.3 is 0 Å². The number of rotatable bonds is 5. The van der Waals surface area contributed by atoms with Gasteiger partial charge in [-0.2, -0.15) is 4.98 Å². The van der Waals surface area contributed by atoms with Crippen molar-refractivity contribution in [3.63, 3.8) is 0 Å². The molecule has 1 unspecified atom stereocenters. The third kappa shape index (κ3) is 4.38. The molecule has 5 heterocycles. The number of hydrogen-bond acceptors (Lipinski definition) is 6. The molecule has 0 spiro atoms. The van der Waals surface area contributed by atoms with Crippen molar-refractivity contribution in [3.05, 3.63) is 41.0 Å². The van der Waals surface area contributed by atoms with Gasteiger partial charge in [0.2, 0.25) is 10.8 Å². The zero-order valence-corrected chi connectivity index (χ0v) is 20.9. The number of nitrogens with zero attached hydrogens (tertiary/aromatic N) is 3. The highest BCUT2D eigenvalue weighted by molar-refractivity contribution is 7.91. The van der Waals surface area contributed by atoms with Crippen LogP contribution in [-0.2, 0) is 28.8 Å². The summed E-state index contributed by atoms with van der Waals surface area (Å²) >= 11 is -1.04. The number of halogens is 1. The summed E-state index contributed by atoms with van der Waals surface area (Å²) in [6.45, 7) is 5.32. The van der Waals surface area contributed by atoms with Crippen molar-refractivity contribution in [1.82, 2.24) is 15.0 Å².